The SMILES string of the molecule is COc1cc(NC(=O)C(C)n2ncc(Cl)c2C)ccc1OC(F)F. The van der Waals surface area contributed by atoms with E-state index in [4.69, 9.17) is 16.3 Å². The fraction of sp³-hybridized carbons (Fsp3) is 0.333. The van der Waals surface area contributed by atoms with Crippen molar-refractivity contribution >= 4 is 23.2 Å². The van der Waals surface area contributed by atoms with Gasteiger partial charge >= 0.3 is 6.61 Å². The minimum atomic E-state index is -2.97. The summed E-state index contributed by atoms with van der Waals surface area (Å²) in [6.45, 7) is 0.447. The van der Waals surface area contributed by atoms with Crippen LogP contribution in [0.4, 0.5) is 14.5 Å². The van der Waals surface area contributed by atoms with Gasteiger partial charge in [-0.3, -0.25) is 9.48 Å². The van der Waals surface area contributed by atoms with Crippen LogP contribution in [0.1, 0.15) is 18.7 Å². The van der Waals surface area contributed by atoms with Crippen LogP contribution in [0.5, 0.6) is 11.5 Å². The molecule has 0 aliphatic carbocycles. The Kier molecular flexibility index (Phi) is 5.61. The topological polar surface area (TPSA) is 65.4 Å². The molecule has 2 aromatic rings. The van der Waals surface area contributed by atoms with E-state index in [9.17, 15) is 13.6 Å². The summed E-state index contributed by atoms with van der Waals surface area (Å²) in [5.41, 5.74) is 1.04. The van der Waals surface area contributed by atoms with Gasteiger partial charge in [0, 0.05) is 11.8 Å². The van der Waals surface area contributed by atoms with Gasteiger partial charge in [-0.2, -0.15) is 13.9 Å². The van der Waals surface area contributed by atoms with E-state index in [0.29, 0.717) is 16.4 Å². The first-order valence-corrected chi connectivity index (χ1v) is 7.34. The van der Waals surface area contributed by atoms with Gasteiger partial charge in [0.25, 0.3) is 0 Å². The quantitative estimate of drug-likeness (QED) is 0.855. The van der Waals surface area contributed by atoms with Gasteiger partial charge in [0.2, 0.25) is 5.91 Å². The van der Waals surface area contributed by atoms with Crippen LogP contribution in [-0.2, 0) is 4.79 Å². The first kappa shape index (κ1) is 18.0. The van der Waals surface area contributed by atoms with E-state index >= 15 is 0 Å². The van der Waals surface area contributed by atoms with Crippen molar-refractivity contribution in [1.82, 2.24) is 9.78 Å². The number of methoxy groups -OCH3 is 1. The highest BCUT2D eigenvalue weighted by Crippen LogP contribution is 2.31. The van der Waals surface area contributed by atoms with E-state index in [1.165, 1.54) is 36.2 Å². The molecule has 0 saturated carbocycles. The normalized spacial score (nSPS) is 12.1. The number of benzene rings is 1. The number of nitrogens with zero attached hydrogens (tertiary/aromatic N) is 2. The second-order valence-corrected chi connectivity index (χ2v) is 5.34. The standard InChI is InChI=1S/C15H16ClF2N3O3/c1-8-11(16)7-19-21(8)9(2)14(22)20-10-4-5-12(24-15(17)18)13(6-10)23-3/h4-7,9,15H,1-3H3,(H,20,22). The highest BCUT2D eigenvalue weighted by molar-refractivity contribution is 6.31. The van der Waals surface area contributed by atoms with Crippen LogP contribution < -0.4 is 14.8 Å². The van der Waals surface area contributed by atoms with E-state index in [1.807, 2.05) is 0 Å². The van der Waals surface area contributed by atoms with Crippen molar-refractivity contribution in [1.29, 1.82) is 0 Å². The van der Waals surface area contributed by atoms with Crippen molar-refractivity contribution in [2.24, 2.45) is 0 Å². The molecule has 2 rings (SSSR count). The van der Waals surface area contributed by atoms with Crippen LogP contribution in [0.3, 0.4) is 0 Å². The minimum absolute atomic E-state index is 0.0825. The lowest BCUT2D eigenvalue weighted by Crippen LogP contribution is -2.25. The third-order valence-electron chi connectivity index (χ3n) is 3.38. The second-order valence-electron chi connectivity index (χ2n) is 4.93. The number of nitrogens with one attached hydrogen (secondary N) is 1. The average Bonchev–Trinajstić information content (AvgIpc) is 2.87. The summed E-state index contributed by atoms with van der Waals surface area (Å²) in [7, 11) is 1.32. The maximum Gasteiger partial charge on any atom is 0.387 e. The Morgan fingerprint density at radius 2 is 2.08 bits per heavy atom. The molecule has 1 amide bonds. The summed E-state index contributed by atoms with van der Waals surface area (Å²) < 4.78 is 35.4. The number of hydrogen-bond donors (Lipinski definition) is 1. The molecule has 0 bridgehead atoms. The molecule has 0 radical (unpaired) electrons. The van der Waals surface area contributed by atoms with Gasteiger partial charge in [-0.1, -0.05) is 11.6 Å². The number of hydrogen-bond acceptors (Lipinski definition) is 4. The zero-order valence-electron chi connectivity index (χ0n) is 13.2. The molecular formula is C15H16ClF2N3O3. The zero-order chi connectivity index (χ0) is 17.9. The van der Waals surface area contributed by atoms with E-state index in [-0.39, 0.29) is 17.4 Å². The second kappa shape index (κ2) is 7.48. The van der Waals surface area contributed by atoms with Crippen LogP contribution in [0.2, 0.25) is 5.02 Å². The smallest absolute Gasteiger partial charge is 0.387 e. The molecule has 130 valence electrons. The predicted octanol–water partition coefficient (Wildman–Crippen LogP) is 3.65. The average molecular weight is 360 g/mol. The highest BCUT2D eigenvalue weighted by Gasteiger charge is 2.19. The molecule has 0 aliphatic rings. The van der Waals surface area contributed by atoms with Crippen molar-refractivity contribution in [3.63, 3.8) is 0 Å². The Balaban J connectivity index is 2.15. The number of anilines is 1. The van der Waals surface area contributed by atoms with Gasteiger partial charge in [-0.25, -0.2) is 0 Å². The van der Waals surface area contributed by atoms with Crippen molar-refractivity contribution in [2.75, 3.05) is 12.4 Å². The summed E-state index contributed by atoms with van der Waals surface area (Å²) >= 11 is 5.93. The van der Waals surface area contributed by atoms with Gasteiger partial charge < -0.3 is 14.8 Å². The van der Waals surface area contributed by atoms with E-state index in [0.717, 1.165) is 0 Å². The van der Waals surface area contributed by atoms with E-state index in [2.05, 4.69) is 15.2 Å². The molecule has 0 saturated heterocycles. The number of alkyl halides is 2. The van der Waals surface area contributed by atoms with Crippen molar-refractivity contribution in [3.8, 4) is 11.5 Å². The molecule has 1 aromatic heterocycles. The molecule has 1 unspecified atom stereocenters. The van der Waals surface area contributed by atoms with Gasteiger partial charge in [0.05, 0.1) is 24.0 Å². The molecular weight excluding hydrogens is 344 g/mol. The summed E-state index contributed by atoms with van der Waals surface area (Å²) in [5.74, 6) is -0.380. The van der Waals surface area contributed by atoms with Gasteiger partial charge in [-0.15, -0.1) is 0 Å². The van der Waals surface area contributed by atoms with Gasteiger partial charge in [0.1, 0.15) is 6.04 Å². The third-order valence-corrected chi connectivity index (χ3v) is 3.75. The first-order chi connectivity index (χ1) is 11.3. The number of aromatic nitrogens is 2. The molecule has 1 aromatic carbocycles. The predicted molar refractivity (Wildman–Crippen MR) is 84.9 cm³/mol. The summed E-state index contributed by atoms with van der Waals surface area (Å²) in [6.07, 6.45) is 1.46. The maximum atomic E-state index is 12.3. The van der Waals surface area contributed by atoms with Crippen LogP contribution in [0.15, 0.2) is 24.4 Å². The zero-order valence-corrected chi connectivity index (χ0v) is 14.0. The molecule has 0 spiro atoms. The first-order valence-electron chi connectivity index (χ1n) is 6.96. The molecule has 1 heterocycles. The molecule has 9 heteroatoms. The summed E-state index contributed by atoms with van der Waals surface area (Å²) in [6, 6.07) is 3.51. The number of carbonyl (C=O) groups is 1. The third kappa shape index (κ3) is 3.94. The Hall–Kier alpha value is -2.35. The number of rotatable bonds is 6. The Bertz CT molecular complexity index is 737. The van der Waals surface area contributed by atoms with Gasteiger partial charge in [-0.05, 0) is 26.0 Å². The molecule has 1 atom stereocenters. The number of halogens is 3. The number of amides is 1. The summed E-state index contributed by atoms with van der Waals surface area (Å²) in [4.78, 5) is 12.3. The molecule has 6 nitrogen and oxygen atoms in total. The fourth-order valence-corrected chi connectivity index (χ4v) is 2.22. The lowest BCUT2D eigenvalue weighted by Gasteiger charge is -2.16. The Morgan fingerprint density at radius 3 is 2.62 bits per heavy atom. The Morgan fingerprint density at radius 1 is 1.38 bits per heavy atom. The van der Waals surface area contributed by atoms with Crippen LogP contribution >= 0.6 is 11.6 Å². The molecule has 0 aliphatic heterocycles. The van der Waals surface area contributed by atoms with Crippen molar-refractivity contribution < 1.29 is 23.0 Å². The summed E-state index contributed by atoms with van der Waals surface area (Å²) in [5, 5.41) is 7.18. The van der Waals surface area contributed by atoms with Crippen molar-refractivity contribution in [3.05, 3.63) is 35.1 Å². The number of ether oxygens (including phenoxy) is 2. The van der Waals surface area contributed by atoms with E-state index < -0.39 is 12.7 Å². The van der Waals surface area contributed by atoms with E-state index in [1.54, 1.807) is 13.8 Å². The fourth-order valence-electron chi connectivity index (χ4n) is 2.09. The molecule has 0 fully saturated rings. The van der Waals surface area contributed by atoms with Gasteiger partial charge in [0.15, 0.2) is 11.5 Å². The van der Waals surface area contributed by atoms with Crippen LogP contribution in [0, 0.1) is 6.92 Å². The monoisotopic (exact) mass is 359 g/mol. The number of carbonyl (C=O) groups excluding carboxylic acids is 1. The minimum Gasteiger partial charge on any atom is -0.493 e. The largest absolute Gasteiger partial charge is 0.493 e. The van der Waals surface area contributed by atoms with Crippen LogP contribution in [0.25, 0.3) is 0 Å². The lowest BCUT2D eigenvalue weighted by molar-refractivity contribution is -0.119. The molecule has 1 N–H and O–H groups in total. The Labute approximate surface area is 142 Å². The maximum absolute atomic E-state index is 12.3. The molecule has 24 heavy (non-hydrogen) atoms. The van der Waals surface area contributed by atoms with Crippen molar-refractivity contribution in [2.45, 2.75) is 26.5 Å². The van der Waals surface area contributed by atoms with Crippen LogP contribution in [-0.4, -0.2) is 29.4 Å². The lowest BCUT2D eigenvalue weighted by atomic mass is 10.2. The highest BCUT2D eigenvalue weighted by atomic mass is 35.5.